The summed E-state index contributed by atoms with van der Waals surface area (Å²) in [6, 6.07) is 8.51. The molecule has 1 spiro atoms. The van der Waals surface area contributed by atoms with Gasteiger partial charge in [0.1, 0.15) is 11.6 Å². The van der Waals surface area contributed by atoms with Crippen molar-refractivity contribution in [2.45, 2.75) is 64.9 Å². The van der Waals surface area contributed by atoms with E-state index in [9.17, 15) is 0 Å². The van der Waals surface area contributed by atoms with E-state index in [0.717, 1.165) is 49.0 Å². The van der Waals surface area contributed by atoms with E-state index in [4.69, 9.17) is 14.7 Å². The van der Waals surface area contributed by atoms with Gasteiger partial charge in [-0.05, 0) is 74.9 Å². The molecule has 2 aromatic rings. The molecule has 3 heterocycles. The summed E-state index contributed by atoms with van der Waals surface area (Å²) in [4.78, 5) is 9.81. The Kier molecular flexibility index (Phi) is 5.86. The molecule has 2 aliphatic rings. The van der Waals surface area contributed by atoms with Crippen molar-refractivity contribution >= 4 is 0 Å². The molecule has 0 saturated carbocycles. The molecule has 2 N–H and O–H groups in total. The molecule has 2 fully saturated rings. The molecule has 0 bridgehead atoms. The van der Waals surface area contributed by atoms with Crippen LogP contribution in [-0.2, 0) is 5.41 Å². The Hall–Kier alpha value is -1.98. The van der Waals surface area contributed by atoms with E-state index in [1.54, 1.807) is 0 Å². The van der Waals surface area contributed by atoms with Crippen molar-refractivity contribution in [3.63, 3.8) is 0 Å². The summed E-state index contributed by atoms with van der Waals surface area (Å²) in [6.45, 7) is 15.1. The molecule has 0 aliphatic carbocycles. The summed E-state index contributed by atoms with van der Waals surface area (Å²) >= 11 is 0. The van der Waals surface area contributed by atoms with Gasteiger partial charge in [-0.3, -0.25) is 0 Å². The first kappa shape index (κ1) is 21.3. The number of benzene rings is 1. The Bertz CT molecular complexity index is 881. The average molecular weight is 409 g/mol. The number of aromatic nitrogens is 2. The highest BCUT2D eigenvalue weighted by atomic mass is 16.5. The van der Waals surface area contributed by atoms with Gasteiger partial charge < -0.3 is 15.4 Å². The summed E-state index contributed by atoms with van der Waals surface area (Å²) in [5.74, 6) is 2.29. The lowest BCUT2D eigenvalue weighted by atomic mass is 9.69. The molecular formula is C25H36N4O. The molecule has 2 saturated heterocycles. The summed E-state index contributed by atoms with van der Waals surface area (Å²) in [6.07, 6.45) is 4.48. The Morgan fingerprint density at radius 2 is 1.87 bits per heavy atom. The van der Waals surface area contributed by atoms with Crippen LogP contribution in [0.3, 0.4) is 0 Å². The van der Waals surface area contributed by atoms with Gasteiger partial charge in [0, 0.05) is 36.3 Å². The van der Waals surface area contributed by atoms with E-state index in [0.29, 0.717) is 5.92 Å². The zero-order valence-corrected chi connectivity index (χ0v) is 19.1. The van der Waals surface area contributed by atoms with Crippen molar-refractivity contribution in [3.05, 3.63) is 41.9 Å². The third-order valence-electron chi connectivity index (χ3n) is 6.60. The topological polar surface area (TPSA) is 59.1 Å². The van der Waals surface area contributed by atoms with Gasteiger partial charge in [0.05, 0.1) is 11.8 Å². The third-order valence-corrected chi connectivity index (χ3v) is 6.60. The Morgan fingerprint density at radius 1 is 1.10 bits per heavy atom. The van der Waals surface area contributed by atoms with Crippen molar-refractivity contribution in [2.24, 2.45) is 5.41 Å². The first-order chi connectivity index (χ1) is 14.3. The van der Waals surface area contributed by atoms with E-state index in [1.807, 2.05) is 12.3 Å². The van der Waals surface area contributed by atoms with E-state index >= 15 is 0 Å². The SMILES string of the molecule is CC(C)Oc1ccc(-c2ccnc(C3CNCCC34CCNC4)n2)cc1C(C)(C)C. The molecule has 2 atom stereocenters. The molecule has 1 aromatic carbocycles. The van der Waals surface area contributed by atoms with Crippen LogP contribution in [0.5, 0.6) is 5.75 Å². The van der Waals surface area contributed by atoms with E-state index in [-0.39, 0.29) is 16.9 Å². The summed E-state index contributed by atoms with van der Waals surface area (Å²) < 4.78 is 6.10. The lowest BCUT2D eigenvalue weighted by molar-refractivity contribution is 0.181. The fraction of sp³-hybridized carbons (Fsp3) is 0.600. The second kappa shape index (κ2) is 8.27. The number of piperidine rings is 1. The second-order valence-corrected chi connectivity index (χ2v) is 10.2. The maximum Gasteiger partial charge on any atom is 0.133 e. The molecule has 2 aliphatic heterocycles. The predicted octanol–water partition coefficient (Wildman–Crippen LogP) is 4.28. The van der Waals surface area contributed by atoms with Crippen molar-refractivity contribution in [3.8, 4) is 17.0 Å². The molecule has 5 heteroatoms. The summed E-state index contributed by atoms with van der Waals surface area (Å²) in [5.41, 5.74) is 3.61. The molecule has 1 aromatic heterocycles. The maximum atomic E-state index is 6.10. The van der Waals surface area contributed by atoms with Crippen molar-refractivity contribution < 1.29 is 4.74 Å². The normalized spacial score (nSPS) is 24.5. The lowest BCUT2D eigenvalue weighted by Gasteiger charge is -2.40. The Morgan fingerprint density at radius 3 is 2.57 bits per heavy atom. The molecule has 5 nitrogen and oxygen atoms in total. The summed E-state index contributed by atoms with van der Waals surface area (Å²) in [5, 5.41) is 7.15. The minimum atomic E-state index is -0.0110. The zero-order valence-electron chi connectivity index (χ0n) is 19.1. The minimum Gasteiger partial charge on any atom is -0.491 e. The van der Waals surface area contributed by atoms with Crippen LogP contribution < -0.4 is 15.4 Å². The molecule has 0 radical (unpaired) electrons. The van der Waals surface area contributed by atoms with Gasteiger partial charge in [0.2, 0.25) is 0 Å². The van der Waals surface area contributed by atoms with Gasteiger partial charge in [0.15, 0.2) is 0 Å². The van der Waals surface area contributed by atoms with Crippen molar-refractivity contribution in [1.29, 1.82) is 0 Å². The van der Waals surface area contributed by atoms with Crippen LogP contribution in [0.25, 0.3) is 11.3 Å². The number of hydrogen-bond acceptors (Lipinski definition) is 5. The van der Waals surface area contributed by atoms with Gasteiger partial charge in [-0.1, -0.05) is 20.8 Å². The first-order valence-electron chi connectivity index (χ1n) is 11.3. The summed E-state index contributed by atoms with van der Waals surface area (Å²) in [7, 11) is 0. The molecule has 2 unspecified atom stereocenters. The minimum absolute atomic E-state index is 0.0110. The fourth-order valence-electron chi connectivity index (χ4n) is 4.95. The number of nitrogens with one attached hydrogen (secondary N) is 2. The zero-order chi connectivity index (χ0) is 21.4. The maximum absolute atomic E-state index is 6.10. The van der Waals surface area contributed by atoms with E-state index in [2.05, 4.69) is 63.5 Å². The third kappa shape index (κ3) is 4.23. The number of rotatable bonds is 4. The number of ether oxygens (including phenoxy) is 1. The molecule has 30 heavy (non-hydrogen) atoms. The van der Waals surface area contributed by atoms with Gasteiger partial charge in [-0.15, -0.1) is 0 Å². The van der Waals surface area contributed by atoms with Crippen LogP contribution in [-0.4, -0.2) is 42.3 Å². The highest BCUT2D eigenvalue weighted by Crippen LogP contribution is 2.44. The van der Waals surface area contributed by atoms with E-state index in [1.165, 1.54) is 18.4 Å². The van der Waals surface area contributed by atoms with Crippen LogP contribution in [0.1, 0.15) is 64.8 Å². The predicted molar refractivity (Wildman–Crippen MR) is 122 cm³/mol. The van der Waals surface area contributed by atoms with E-state index < -0.39 is 0 Å². The number of nitrogens with zero attached hydrogens (tertiary/aromatic N) is 2. The van der Waals surface area contributed by atoms with Crippen molar-refractivity contribution in [2.75, 3.05) is 26.2 Å². The van der Waals surface area contributed by atoms with Crippen LogP contribution in [0, 0.1) is 5.41 Å². The quantitative estimate of drug-likeness (QED) is 0.791. The van der Waals surface area contributed by atoms with Crippen molar-refractivity contribution in [1.82, 2.24) is 20.6 Å². The number of hydrogen-bond donors (Lipinski definition) is 2. The van der Waals surface area contributed by atoms with Crippen LogP contribution >= 0.6 is 0 Å². The fourth-order valence-corrected chi connectivity index (χ4v) is 4.95. The van der Waals surface area contributed by atoms with Gasteiger partial charge in [0.25, 0.3) is 0 Å². The molecule has 162 valence electrons. The molecular weight excluding hydrogens is 372 g/mol. The van der Waals surface area contributed by atoms with Gasteiger partial charge in [-0.2, -0.15) is 0 Å². The second-order valence-electron chi connectivity index (χ2n) is 10.2. The molecule has 0 amide bonds. The molecule has 4 rings (SSSR count). The monoisotopic (exact) mass is 408 g/mol. The average Bonchev–Trinajstić information content (AvgIpc) is 3.16. The van der Waals surface area contributed by atoms with Crippen LogP contribution in [0.4, 0.5) is 0 Å². The largest absolute Gasteiger partial charge is 0.491 e. The van der Waals surface area contributed by atoms with Gasteiger partial charge >= 0.3 is 0 Å². The van der Waals surface area contributed by atoms with Gasteiger partial charge in [-0.25, -0.2) is 9.97 Å². The highest BCUT2D eigenvalue weighted by Gasteiger charge is 2.44. The van der Waals surface area contributed by atoms with Crippen LogP contribution in [0.2, 0.25) is 0 Å². The van der Waals surface area contributed by atoms with Crippen LogP contribution in [0.15, 0.2) is 30.5 Å². The smallest absolute Gasteiger partial charge is 0.133 e. The first-order valence-corrected chi connectivity index (χ1v) is 11.3. The Labute approximate surface area is 181 Å². The highest BCUT2D eigenvalue weighted by molar-refractivity contribution is 5.63. The standard InChI is InChI=1S/C25H36N4O/c1-17(2)30-22-7-6-18(14-19(22)24(3,4)5)21-8-11-28-23(29-21)20-15-26-12-9-25(20)10-13-27-16-25/h6-8,11,14,17,20,26-27H,9-10,12-13,15-16H2,1-5H3. The Balaban J connectivity index is 1.70. The lowest BCUT2D eigenvalue weighted by Crippen LogP contribution is -2.45.